The molecule has 6 nitrogen and oxygen atoms in total. The van der Waals surface area contributed by atoms with Gasteiger partial charge >= 0.3 is 0 Å². The lowest BCUT2D eigenvalue weighted by atomic mass is 10.4. The molecule has 0 radical (unpaired) electrons. The first-order valence-electron chi connectivity index (χ1n) is 4.30. The number of nitrogens with zero attached hydrogens (tertiary/aromatic N) is 3. The molecule has 0 spiro atoms. The normalized spacial score (nSPS) is 11.5. The number of aryl methyl sites for hydroxylation is 1. The van der Waals surface area contributed by atoms with E-state index in [-0.39, 0.29) is 0 Å². The van der Waals surface area contributed by atoms with Gasteiger partial charge in [-0.05, 0) is 25.4 Å². The molecule has 0 bridgehead atoms. The molecular weight excluding hydrogens is 200 g/mol. The van der Waals surface area contributed by atoms with Crippen LogP contribution in [-0.4, -0.2) is 22.1 Å². The van der Waals surface area contributed by atoms with Crippen LogP contribution in [0.1, 0.15) is 17.5 Å². The van der Waals surface area contributed by atoms with Gasteiger partial charge in [-0.15, -0.1) is 5.10 Å². The van der Waals surface area contributed by atoms with Crippen LogP contribution in [0.4, 0.5) is 0 Å². The Morgan fingerprint density at radius 3 is 2.93 bits per heavy atom. The highest BCUT2D eigenvalue weighted by molar-refractivity contribution is 7.05. The second-order valence-electron chi connectivity index (χ2n) is 2.62. The van der Waals surface area contributed by atoms with Gasteiger partial charge in [0.1, 0.15) is 0 Å². The van der Waals surface area contributed by atoms with Gasteiger partial charge in [0.25, 0.3) is 0 Å². The third kappa shape index (κ3) is 2.93. The number of hydrogen-bond donors (Lipinski definition) is 3. The second kappa shape index (κ2) is 5.51. The van der Waals surface area contributed by atoms with Crippen LogP contribution in [0.25, 0.3) is 0 Å². The first-order valence-corrected chi connectivity index (χ1v) is 5.08. The van der Waals surface area contributed by atoms with Gasteiger partial charge in [-0.2, -0.15) is 0 Å². The maximum atomic E-state index is 5.27. The number of hydrazine groups is 1. The molecule has 0 aliphatic rings. The fourth-order valence-corrected chi connectivity index (χ4v) is 1.42. The van der Waals surface area contributed by atoms with Crippen molar-refractivity contribution in [2.24, 2.45) is 10.8 Å². The number of guanidine groups is 1. The van der Waals surface area contributed by atoms with E-state index in [4.69, 9.17) is 5.84 Å². The van der Waals surface area contributed by atoms with Crippen molar-refractivity contribution in [3.63, 3.8) is 0 Å². The van der Waals surface area contributed by atoms with Gasteiger partial charge in [0.15, 0.2) is 0 Å². The van der Waals surface area contributed by atoms with Crippen molar-refractivity contribution >= 4 is 17.5 Å². The molecular formula is C7H14N6S. The Morgan fingerprint density at radius 1 is 1.64 bits per heavy atom. The highest BCUT2D eigenvalue weighted by Gasteiger charge is 2.01. The molecule has 0 aliphatic heterocycles. The minimum atomic E-state index is 0.552. The van der Waals surface area contributed by atoms with E-state index < -0.39 is 0 Å². The van der Waals surface area contributed by atoms with Gasteiger partial charge in [-0.3, -0.25) is 5.43 Å². The first kappa shape index (κ1) is 10.9. The largest absolute Gasteiger partial charge is 0.356 e. The Hall–Kier alpha value is -1.21. The molecule has 0 amide bonds. The van der Waals surface area contributed by atoms with Crippen LogP contribution < -0.4 is 16.6 Å². The zero-order chi connectivity index (χ0) is 10.4. The van der Waals surface area contributed by atoms with E-state index in [9.17, 15) is 0 Å². The fraction of sp³-hybridized carbons (Fsp3) is 0.571. The van der Waals surface area contributed by atoms with E-state index in [2.05, 4.69) is 25.3 Å². The molecule has 0 saturated heterocycles. The first-order chi connectivity index (χ1) is 6.77. The third-order valence-corrected chi connectivity index (χ3v) is 2.42. The maximum absolute atomic E-state index is 5.27. The molecule has 1 heterocycles. The van der Waals surface area contributed by atoms with Crippen molar-refractivity contribution in [2.45, 2.75) is 20.4 Å². The molecule has 7 heteroatoms. The van der Waals surface area contributed by atoms with Crippen molar-refractivity contribution in [1.29, 1.82) is 0 Å². The van der Waals surface area contributed by atoms with Crippen LogP contribution in [0.15, 0.2) is 4.99 Å². The summed E-state index contributed by atoms with van der Waals surface area (Å²) in [5, 5.41) is 6.89. The summed E-state index contributed by atoms with van der Waals surface area (Å²) < 4.78 is 3.82. The van der Waals surface area contributed by atoms with Crippen LogP contribution >= 0.6 is 11.5 Å². The van der Waals surface area contributed by atoms with Crippen LogP contribution in [0, 0.1) is 6.92 Å². The molecule has 0 atom stereocenters. The van der Waals surface area contributed by atoms with Gasteiger partial charge in [-0.1, -0.05) is 4.49 Å². The van der Waals surface area contributed by atoms with Crippen LogP contribution in [0.5, 0.6) is 0 Å². The number of aliphatic imine (C=N–C) groups is 1. The number of nitrogens with one attached hydrogen (secondary N) is 2. The molecule has 0 unspecified atom stereocenters. The van der Waals surface area contributed by atoms with E-state index in [1.54, 1.807) is 0 Å². The Labute approximate surface area is 86.8 Å². The summed E-state index contributed by atoms with van der Waals surface area (Å²) in [6.45, 7) is 5.22. The fourth-order valence-electron chi connectivity index (χ4n) is 0.867. The Morgan fingerprint density at radius 2 is 2.43 bits per heavy atom. The summed E-state index contributed by atoms with van der Waals surface area (Å²) in [6, 6.07) is 0. The minimum Gasteiger partial charge on any atom is -0.356 e. The van der Waals surface area contributed by atoms with E-state index in [0.29, 0.717) is 12.5 Å². The Balaban J connectivity index is 2.56. The molecule has 0 aromatic carbocycles. The van der Waals surface area contributed by atoms with E-state index in [0.717, 1.165) is 17.1 Å². The highest BCUT2D eigenvalue weighted by Crippen LogP contribution is 2.09. The van der Waals surface area contributed by atoms with Crippen LogP contribution in [0.3, 0.4) is 0 Å². The van der Waals surface area contributed by atoms with Gasteiger partial charge in [0, 0.05) is 6.54 Å². The summed E-state index contributed by atoms with van der Waals surface area (Å²) in [5.74, 6) is 5.85. The molecule has 1 aromatic heterocycles. The number of rotatable bonds is 3. The number of hydrogen-bond acceptors (Lipinski definition) is 5. The lowest BCUT2D eigenvalue weighted by Gasteiger charge is -2.05. The van der Waals surface area contributed by atoms with Crippen molar-refractivity contribution in [3.8, 4) is 0 Å². The molecule has 0 saturated carbocycles. The number of aromatic nitrogens is 2. The number of nitrogens with two attached hydrogens (primary N) is 1. The zero-order valence-electron chi connectivity index (χ0n) is 8.24. The lowest BCUT2D eigenvalue weighted by Crippen LogP contribution is -2.41. The molecule has 4 N–H and O–H groups in total. The summed E-state index contributed by atoms with van der Waals surface area (Å²) >= 11 is 1.36. The quantitative estimate of drug-likeness (QED) is 0.280. The Bertz CT molecular complexity index is 307. The lowest BCUT2D eigenvalue weighted by molar-refractivity contribution is 0.852. The smallest absolute Gasteiger partial charge is 0.206 e. The molecule has 14 heavy (non-hydrogen) atoms. The average Bonchev–Trinajstić information content (AvgIpc) is 2.59. The van der Waals surface area contributed by atoms with Crippen molar-refractivity contribution in [3.05, 3.63) is 10.6 Å². The monoisotopic (exact) mass is 214 g/mol. The Kier molecular flexibility index (Phi) is 4.27. The molecule has 0 fully saturated rings. The molecule has 0 aliphatic carbocycles. The predicted octanol–water partition coefficient (Wildman–Crippen LogP) is -0.225. The molecule has 1 aromatic rings. The summed E-state index contributed by atoms with van der Waals surface area (Å²) in [4.78, 5) is 5.29. The zero-order valence-corrected chi connectivity index (χ0v) is 9.06. The minimum absolute atomic E-state index is 0.552. The standard InChI is InChI=1S/C7H14N6S/c1-3-9-7(11-8)10-4-6-5(2)12-13-14-6/h3-4,8H2,1-2H3,(H2,9,10,11). The SMILES string of the molecule is CCNC(=NCc1snnc1C)NN. The van der Waals surface area contributed by atoms with Gasteiger partial charge in [-0.25, -0.2) is 10.8 Å². The molecule has 1 rings (SSSR count). The van der Waals surface area contributed by atoms with E-state index in [1.807, 2.05) is 13.8 Å². The van der Waals surface area contributed by atoms with Gasteiger partial charge in [0.2, 0.25) is 5.96 Å². The highest BCUT2D eigenvalue weighted by atomic mass is 32.1. The van der Waals surface area contributed by atoms with Crippen LogP contribution in [0.2, 0.25) is 0 Å². The maximum Gasteiger partial charge on any atom is 0.206 e. The van der Waals surface area contributed by atoms with Crippen molar-refractivity contribution in [2.75, 3.05) is 6.54 Å². The second-order valence-corrected chi connectivity index (χ2v) is 3.46. The van der Waals surface area contributed by atoms with Crippen LogP contribution in [-0.2, 0) is 6.54 Å². The summed E-state index contributed by atoms with van der Waals surface area (Å²) in [5.41, 5.74) is 3.41. The van der Waals surface area contributed by atoms with Gasteiger partial charge in [0.05, 0.1) is 17.1 Å². The topological polar surface area (TPSA) is 88.2 Å². The summed E-state index contributed by atoms with van der Waals surface area (Å²) in [7, 11) is 0. The van der Waals surface area contributed by atoms with E-state index >= 15 is 0 Å². The predicted molar refractivity (Wildman–Crippen MR) is 56.8 cm³/mol. The summed E-state index contributed by atoms with van der Waals surface area (Å²) in [6.07, 6.45) is 0. The van der Waals surface area contributed by atoms with E-state index in [1.165, 1.54) is 11.5 Å². The average molecular weight is 214 g/mol. The van der Waals surface area contributed by atoms with Crippen molar-refractivity contribution in [1.82, 2.24) is 20.3 Å². The molecule has 78 valence electrons. The third-order valence-electron chi connectivity index (χ3n) is 1.61. The van der Waals surface area contributed by atoms with Gasteiger partial charge < -0.3 is 5.32 Å². The van der Waals surface area contributed by atoms with Crippen molar-refractivity contribution < 1.29 is 0 Å².